The summed E-state index contributed by atoms with van der Waals surface area (Å²) in [7, 11) is 0. The van der Waals surface area contributed by atoms with Gasteiger partial charge in [-0.25, -0.2) is 0 Å². The zero-order chi connectivity index (χ0) is 18.6. The molecular formula is C17H16F3NO4. The highest BCUT2D eigenvalue weighted by molar-refractivity contribution is 5.97. The minimum atomic E-state index is -4.46. The standard InChI is InChI=1S/C17H16F3NO4/c1-10-9-25-13(8-14(22)23)15(10)16(24)21-7-6-11-4-2-3-5-12(11)17(18,19)20/h2-5,9H,6-8H2,1H3,(H,21,24)(H,22,23). The number of rotatable bonds is 6. The smallest absolute Gasteiger partial charge is 0.416 e. The van der Waals surface area contributed by atoms with Crippen molar-refractivity contribution in [3.8, 4) is 0 Å². The number of hydrogen-bond acceptors (Lipinski definition) is 3. The topological polar surface area (TPSA) is 79.5 Å². The molecule has 25 heavy (non-hydrogen) atoms. The fourth-order valence-corrected chi connectivity index (χ4v) is 2.48. The number of amides is 1. The lowest BCUT2D eigenvalue weighted by atomic mass is 10.0. The van der Waals surface area contributed by atoms with Gasteiger partial charge in [0.05, 0.1) is 17.4 Å². The average molecular weight is 355 g/mol. The van der Waals surface area contributed by atoms with Crippen LogP contribution in [0.3, 0.4) is 0 Å². The van der Waals surface area contributed by atoms with Crippen molar-refractivity contribution in [2.24, 2.45) is 0 Å². The van der Waals surface area contributed by atoms with Crippen LogP contribution in [0.5, 0.6) is 0 Å². The fraction of sp³-hybridized carbons (Fsp3) is 0.294. The van der Waals surface area contributed by atoms with Crippen LogP contribution in [0.15, 0.2) is 34.9 Å². The van der Waals surface area contributed by atoms with Crippen molar-refractivity contribution in [2.45, 2.75) is 25.9 Å². The second-order valence-corrected chi connectivity index (χ2v) is 5.45. The molecule has 0 fully saturated rings. The summed E-state index contributed by atoms with van der Waals surface area (Å²) < 4.78 is 43.9. The largest absolute Gasteiger partial charge is 0.481 e. The minimum absolute atomic E-state index is 0.00735. The molecule has 1 heterocycles. The normalized spacial score (nSPS) is 11.4. The Balaban J connectivity index is 2.05. The van der Waals surface area contributed by atoms with Gasteiger partial charge in [-0.3, -0.25) is 9.59 Å². The minimum Gasteiger partial charge on any atom is -0.481 e. The number of halogens is 3. The number of alkyl halides is 3. The summed E-state index contributed by atoms with van der Waals surface area (Å²) in [4.78, 5) is 23.0. The predicted octanol–water partition coefficient (Wildman–Crippen LogP) is 3.21. The van der Waals surface area contributed by atoms with E-state index in [2.05, 4.69) is 5.32 Å². The second-order valence-electron chi connectivity index (χ2n) is 5.45. The highest BCUT2D eigenvalue weighted by Gasteiger charge is 2.32. The number of aliphatic carboxylic acids is 1. The fourth-order valence-electron chi connectivity index (χ4n) is 2.48. The molecule has 0 saturated carbocycles. The molecule has 134 valence electrons. The summed E-state index contributed by atoms with van der Waals surface area (Å²) in [5.41, 5.74) is -0.101. The molecule has 2 aromatic rings. The lowest BCUT2D eigenvalue weighted by Gasteiger charge is -2.13. The highest BCUT2D eigenvalue weighted by atomic mass is 19.4. The molecule has 0 spiro atoms. The summed E-state index contributed by atoms with van der Waals surface area (Å²) >= 11 is 0. The van der Waals surface area contributed by atoms with Gasteiger partial charge < -0.3 is 14.8 Å². The molecular weight excluding hydrogens is 339 g/mol. The number of hydrogen-bond donors (Lipinski definition) is 2. The highest BCUT2D eigenvalue weighted by Crippen LogP contribution is 2.31. The van der Waals surface area contributed by atoms with Crippen molar-refractivity contribution in [2.75, 3.05) is 6.54 Å². The third kappa shape index (κ3) is 4.62. The van der Waals surface area contributed by atoms with Crippen LogP contribution in [0.25, 0.3) is 0 Å². The lowest BCUT2D eigenvalue weighted by Crippen LogP contribution is -2.27. The molecule has 0 aliphatic carbocycles. The molecule has 0 radical (unpaired) electrons. The molecule has 8 heteroatoms. The second kappa shape index (κ2) is 7.42. The number of carboxylic acid groups (broad SMARTS) is 1. The van der Waals surface area contributed by atoms with Crippen LogP contribution in [0.4, 0.5) is 13.2 Å². The Morgan fingerprint density at radius 2 is 1.92 bits per heavy atom. The number of carbonyl (C=O) groups excluding carboxylic acids is 1. The summed E-state index contributed by atoms with van der Waals surface area (Å²) in [6, 6.07) is 5.14. The Morgan fingerprint density at radius 1 is 1.24 bits per heavy atom. The lowest BCUT2D eigenvalue weighted by molar-refractivity contribution is -0.138. The summed E-state index contributed by atoms with van der Waals surface area (Å²) in [5.74, 6) is -1.72. The van der Waals surface area contributed by atoms with Gasteiger partial charge in [0.1, 0.15) is 12.2 Å². The number of nitrogens with one attached hydrogen (secondary N) is 1. The van der Waals surface area contributed by atoms with E-state index < -0.39 is 30.0 Å². The van der Waals surface area contributed by atoms with E-state index in [1.165, 1.54) is 24.5 Å². The van der Waals surface area contributed by atoms with Gasteiger partial charge in [0.25, 0.3) is 5.91 Å². The molecule has 1 amide bonds. The quantitative estimate of drug-likeness (QED) is 0.834. The van der Waals surface area contributed by atoms with E-state index in [1.54, 1.807) is 6.92 Å². The van der Waals surface area contributed by atoms with Crippen LogP contribution < -0.4 is 5.32 Å². The number of aryl methyl sites for hydroxylation is 1. The SMILES string of the molecule is Cc1coc(CC(=O)O)c1C(=O)NCCc1ccccc1C(F)(F)F. The number of furan rings is 1. The van der Waals surface area contributed by atoms with Crippen LogP contribution in [-0.4, -0.2) is 23.5 Å². The van der Waals surface area contributed by atoms with Crippen LogP contribution in [0.1, 0.15) is 32.8 Å². The Labute approximate surface area is 141 Å². The maximum Gasteiger partial charge on any atom is 0.416 e. The van der Waals surface area contributed by atoms with E-state index >= 15 is 0 Å². The van der Waals surface area contributed by atoms with Crippen molar-refractivity contribution in [1.82, 2.24) is 5.32 Å². The van der Waals surface area contributed by atoms with E-state index in [0.717, 1.165) is 6.07 Å². The summed E-state index contributed by atoms with van der Waals surface area (Å²) in [5, 5.41) is 11.3. The Hall–Kier alpha value is -2.77. The first-order chi connectivity index (χ1) is 11.7. The number of carboxylic acids is 1. The van der Waals surface area contributed by atoms with Gasteiger partial charge in [-0.05, 0) is 25.0 Å². The molecule has 0 unspecified atom stereocenters. The van der Waals surface area contributed by atoms with Crippen molar-refractivity contribution < 1.29 is 32.3 Å². The molecule has 0 bridgehead atoms. The molecule has 1 aromatic carbocycles. The zero-order valence-corrected chi connectivity index (χ0v) is 13.3. The summed E-state index contributed by atoms with van der Waals surface area (Å²) in [6.07, 6.45) is -3.65. The molecule has 2 N–H and O–H groups in total. The van der Waals surface area contributed by atoms with Crippen LogP contribution in [0.2, 0.25) is 0 Å². The maximum absolute atomic E-state index is 12.9. The first kappa shape index (κ1) is 18.6. The number of benzene rings is 1. The van der Waals surface area contributed by atoms with Crippen molar-refractivity contribution >= 4 is 11.9 Å². The van der Waals surface area contributed by atoms with Crippen molar-refractivity contribution in [3.63, 3.8) is 0 Å². The molecule has 0 aliphatic heterocycles. The van der Waals surface area contributed by atoms with Gasteiger partial charge >= 0.3 is 12.1 Å². The number of carbonyl (C=O) groups is 2. The van der Waals surface area contributed by atoms with E-state index in [-0.39, 0.29) is 29.9 Å². The van der Waals surface area contributed by atoms with Gasteiger partial charge in [0.2, 0.25) is 0 Å². The van der Waals surface area contributed by atoms with E-state index in [1.807, 2.05) is 0 Å². The zero-order valence-electron chi connectivity index (χ0n) is 13.3. The Bertz CT molecular complexity index is 780. The molecule has 1 aromatic heterocycles. The molecule has 5 nitrogen and oxygen atoms in total. The van der Waals surface area contributed by atoms with Crippen molar-refractivity contribution in [1.29, 1.82) is 0 Å². The predicted molar refractivity (Wildman–Crippen MR) is 82.3 cm³/mol. The maximum atomic E-state index is 12.9. The van der Waals surface area contributed by atoms with Crippen molar-refractivity contribution in [3.05, 3.63) is 58.5 Å². The average Bonchev–Trinajstić information content (AvgIpc) is 2.86. The molecule has 2 rings (SSSR count). The van der Waals surface area contributed by atoms with E-state index in [9.17, 15) is 22.8 Å². The Morgan fingerprint density at radius 3 is 2.56 bits per heavy atom. The molecule has 0 aliphatic rings. The van der Waals surface area contributed by atoms with Gasteiger partial charge in [-0.1, -0.05) is 18.2 Å². The molecule has 0 saturated heterocycles. The van der Waals surface area contributed by atoms with Gasteiger partial charge in [0.15, 0.2) is 0 Å². The monoisotopic (exact) mass is 355 g/mol. The van der Waals surface area contributed by atoms with Gasteiger partial charge in [-0.2, -0.15) is 13.2 Å². The first-order valence-corrected chi connectivity index (χ1v) is 7.42. The molecule has 0 atom stereocenters. The van der Waals surface area contributed by atoms with E-state index in [0.29, 0.717) is 5.56 Å². The third-order valence-electron chi connectivity index (χ3n) is 3.59. The van der Waals surface area contributed by atoms with Crippen LogP contribution in [-0.2, 0) is 23.8 Å². The third-order valence-corrected chi connectivity index (χ3v) is 3.59. The summed E-state index contributed by atoms with van der Waals surface area (Å²) in [6.45, 7) is 1.56. The van der Waals surface area contributed by atoms with E-state index in [4.69, 9.17) is 9.52 Å². The van der Waals surface area contributed by atoms with Gasteiger partial charge in [-0.15, -0.1) is 0 Å². The van der Waals surface area contributed by atoms with Gasteiger partial charge in [0, 0.05) is 12.1 Å². The van der Waals surface area contributed by atoms with Crippen LogP contribution >= 0.6 is 0 Å². The Kier molecular flexibility index (Phi) is 5.51. The van der Waals surface area contributed by atoms with Crippen LogP contribution in [0, 0.1) is 6.92 Å². The first-order valence-electron chi connectivity index (χ1n) is 7.42.